The molecule has 162 valence electrons. The molecular weight excluding hydrogens is 387 g/mol. The van der Waals surface area contributed by atoms with E-state index >= 15 is 4.39 Å². The lowest BCUT2D eigenvalue weighted by atomic mass is 9.45. The third kappa shape index (κ3) is 2.72. The Morgan fingerprint density at radius 3 is 2.73 bits per heavy atom. The number of aliphatic hydroxyl groups excluding tert-OH is 1. The van der Waals surface area contributed by atoms with E-state index in [1.54, 1.807) is 19.9 Å². The maximum atomic E-state index is 16.9. The van der Waals surface area contributed by atoms with E-state index in [0.717, 1.165) is 5.57 Å². The Morgan fingerprint density at radius 1 is 1.30 bits per heavy atom. The van der Waals surface area contributed by atoms with Crippen molar-refractivity contribution in [2.45, 2.75) is 64.6 Å². The molecule has 30 heavy (non-hydrogen) atoms. The van der Waals surface area contributed by atoms with Crippen LogP contribution >= 0.6 is 0 Å². The van der Waals surface area contributed by atoms with E-state index in [4.69, 9.17) is 4.74 Å². The quantitative estimate of drug-likeness (QED) is 0.711. The van der Waals surface area contributed by atoms with Crippen molar-refractivity contribution < 1.29 is 28.6 Å². The number of allylic oxidation sites excluding steroid dienone is 5. The van der Waals surface area contributed by atoms with Crippen molar-refractivity contribution in [1.29, 1.82) is 0 Å². The maximum absolute atomic E-state index is 16.9. The topological polar surface area (TPSA) is 80.7 Å². The van der Waals surface area contributed by atoms with Crippen molar-refractivity contribution in [3.05, 3.63) is 35.5 Å². The summed E-state index contributed by atoms with van der Waals surface area (Å²) in [6.07, 6.45) is 7.11. The van der Waals surface area contributed by atoms with Gasteiger partial charge in [-0.25, -0.2) is 4.39 Å². The fourth-order valence-electron chi connectivity index (χ4n) is 6.54. The molecule has 0 radical (unpaired) electrons. The summed E-state index contributed by atoms with van der Waals surface area (Å²) in [5, 5.41) is 11.2. The number of ketones is 2. The lowest BCUT2D eigenvalue weighted by Gasteiger charge is -2.61. The van der Waals surface area contributed by atoms with Gasteiger partial charge in [0.15, 0.2) is 23.8 Å². The van der Waals surface area contributed by atoms with Crippen molar-refractivity contribution >= 4 is 17.5 Å². The van der Waals surface area contributed by atoms with E-state index in [-0.39, 0.29) is 36.9 Å². The molecule has 6 atom stereocenters. The Morgan fingerprint density at radius 2 is 2.03 bits per heavy atom. The van der Waals surface area contributed by atoms with Crippen molar-refractivity contribution in [3.8, 4) is 0 Å². The highest BCUT2D eigenvalue weighted by atomic mass is 19.1. The first-order valence-electron chi connectivity index (χ1n) is 10.8. The molecule has 0 bridgehead atoms. The van der Waals surface area contributed by atoms with Crippen molar-refractivity contribution in [1.82, 2.24) is 0 Å². The molecular formula is C24H29FO5. The average molecular weight is 416 g/mol. The van der Waals surface area contributed by atoms with Gasteiger partial charge in [-0.05, 0) is 50.7 Å². The maximum Gasteiger partial charge on any atom is 0.305 e. The van der Waals surface area contributed by atoms with Crippen LogP contribution in [0.5, 0.6) is 0 Å². The molecule has 0 aromatic heterocycles. The molecule has 2 saturated carbocycles. The van der Waals surface area contributed by atoms with Crippen LogP contribution in [0.4, 0.5) is 4.39 Å². The Bertz CT molecular complexity index is 901. The van der Waals surface area contributed by atoms with Gasteiger partial charge in [0.05, 0.1) is 6.10 Å². The standard InChI is InChI=1S/C24H29FO5/c1-4-21(29)30-13-19(27)18-8-7-16-17-6-5-14-11-15(26)9-10-23(14,3)24(17,25)20(28)12-22(16,18)2/h8-11,16-17,20,28H,4-7,12-13H2,1-3H3. The van der Waals surface area contributed by atoms with Crippen molar-refractivity contribution in [2.24, 2.45) is 22.7 Å². The largest absolute Gasteiger partial charge is 0.457 e. The van der Waals surface area contributed by atoms with Crippen LogP contribution in [-0.4, -0.2) is 41.0 Å². The van der Waals surface area contributed by atoms with E-state index in [0.29, 0.717) is 24.8 Å². The number of alkyl halides is 1. The number of halogens is 1. The van der Waals surface area contributed by atoms with E-state index < -0.39 is 34.5 Å². The molecule has 6 heteroatoms. The number of carbonyl (C=O) groups excluding carboxylic acids is 3. The summed E-state index contributed by atoms with van der Waals surface area (Å²) in [6, 6.07) is 0. The first-order chi connectivity index (χ1) is 14.1. The Hall–Kier alpha value is -2.08. The molecule has 0 aromatic rings. The second-order valence-corrected chi connectivity index (χ2v) is 9.56. The van der Waals surface area contributed by atoms with E-state index in [1.165, 1.54) is 12.2 Å². The van der Waals surface area contributed by atoms with Crippen LogP contribution in [0.2, 0.25) is 0 Å². The highest BCUT2D eigenvalue weighted by Gasteiger charge is 2.69. The van der Waals surface area contributed by atoms with Gasteiger partial charge < -0.3 is 9.84 Å². The fourth-order valence-corrected chi connectivity index (χ4v) is 6.54. The number of hydrogen-bond acceptors (Lipinski definition) is 5. The van der Waals surface area contributed by atoms with Crippen LogP contribution in [0.3, 0.4) is 0 Å². The summed E-state index contributed by atoms with van der Waals surface area (Å²) in [7, 11) is 0. The number of esters is 1. The van der Waals surface area contributed by atoms with E-state index in [2.05, 4.69) is 0 Å². The third-order valence-electron chi connectivity index (χ3n) is 8.18. The Balaban J connectivity index is 1.65. The van der Waals surface area contributed by atoms with Crippen molar-refractivity contribution in [2.75, 3.05) is 6.61 Å². The van der Waals surface area contributed by atoms with Crippen LogP contribution in [0, 0.1) is 22.7 Å². The van der Waals surface area contributed by atoms with Crippen LogP contribution in [-0.2, 0) is 19.1 Å². The number of fused-ring (bicyclic) bond motifs is 5. The van der Waals surface area contributed by atoms with Gasteiger partial charge in [-0.2, -0.15) is 0 Å². The molecule has 4 aliphatic rings. The highest BCUT2D eigenvalue weighted by Crippen LogP contribution is 2.67. The summed E-state index contributed by atoms with van der Waals surface area (Å²) in [5.74, 6) is -1.42. The molecule has 1 N–H and O–H groups in total. The summed E-state index contributed by atoms with van der Waals surface area (Å²) < 4.78 is 21.9. The number of ether oxygens (including phenoxy) is 1. The smallest absolute Gasteiger partial charge is 0.305 e. The minimum absolute atomic E-state index is 0.120. The molecule has 6 unspecified atom stereocenters. The fraction of sp³-hybridized carbons (Fsp3) is 0.625. The highest BCUT2D eigenvalue weighted by molar-refractivity contribution is 6.01. The van der Waals surface area contributed by atoms with Crippen LogP contribution in [0.25, 0.3) is 0 Å². The minimum Gasteiger partial charge on any atom is -0.457 e. The zero-order chi connectivity index (χ0) is 21.9. The number of carbonyl (C=O) groups is 3. The van der Waals surface area contributed by atoms with Crippen LogP contribution in [0.1, 0.15) is 52.9 Å². The average Bonchev–Trinajstić information content (AvgIpc) is 3.04. The summed E-state index contributed by atoms with van der Waals surface area (Å²) >= 11 is 0. The summed E-state index contributed by atoms with van der Waals surface area (Å²) in [5.41, 5.74) is -2.32. The Labute approximate surface area is 176 Å². The molecule has 2 fully saturated rings. The Kier molecular flexibility index (Phi) is 4.92. The number of aliphatic hydroxyl groups is 1. The van der Waals surface area contributed by atoms with Gasteiger partial charge in [-0.15, -0.1) is 0 Å². The van der Waals surface area contributed by atoms with Gasteiger partial charge >= 0.3 is 5.97 Å². The molecule has 0 aliphatic heterocycles. The molecule has 0 saturated heterocycles. The van der Waals surface area contributed by atoms with E-state index in [1.807, 2.05) is 13.0 Å². The number of rotatable bonds is 4. The zero-order valence-corrected chi connectivity index (χ0v) is 17.7. The van der Waals surface area contributed by atoms with Gasteiger partial charge in [0.25, 0.3) is 0 Å². The van der Waals surface area contributed by atoms with Crippen molar-refractivity contribution in [3.63, 3.8) is 0 Å². The van der Waals surface area contributed by atoms with Gasteiger partial charge in [-0.1, -0.05) is 31.6 Å². The second kappa shape index (κ2) is 6.98. The lowest BCUT2D eigenvalue weighted by molar-refractivity contribution is -0.185. The third-order valence-corrected chi connectivity index (χ3v) is 8.18. The molecule has 4 aliphatic carbocycles. The first-order valence-corrected chi connectivity index (χ1v) is 10.8. The van der Waals surface area contributed by atoms with Crippen LogP contribution < -0.4 is 0 Å². The SMILES string of the molecule is CCC(=O)OCC(=O)C1=CCC2C3CCC4=CC(=O)C=CC4(C)C3(F)C(O)CC12C. The van der Waals surface area contributed by atoms with Gasteiger partial charge in [0.1, 0.15) is 0 Å². The number of Topliss-reactive ketones (excluding diaryl/α,β-unsaturated/α-hetero) is 1. The van der Waals surface area contributed by atoms with Gasteiger partial charge in [0, 0.05) is 28.7 Å². The molecule has 0 aromatic carbocycles. The molecule has 4 rings (SSSR count). The monoisotopic (exact) mass is 416 g/mol. The predicted octanol–water partition coefficient (Wildman–Crippen LogP) is 3.42. The first kappa shape index (κ1) is 21.2. The minimum atomic E-state index is -1.90. The van der Waals surface area contributed by atoms with E-state index in [9.17, 15) is 19.5 Å². The summed E-state index contributed by atoms with van der Waals surface area (Å²) in [6.45, 7) is 5.04. The normalized spacial score (nSPS) is 41.9. The lowest BCUT2D eigenvalue weighted by Crippen LogP contribution is -2.66. The van der Waals surface area contributed by atoms with Gasteiger partial charge in [0.2, 0.25) is 0 Å². The second-order valence-electron chi connectivity index (χ2n) is 9.56. The predicted molar refractivity (Wildman–Crippen MR) is 108 cm³/mol. The molecule has 0 amide bonds. The van der Waals surface area contributed by atoms with Crippen LogP contribution in [0.15, 0.2) is 35.5 Å². The van der Waals surface area contributed by atoms with Gasteiger partial charge in [-0.3, -0.25) is 14.4 Å². The zero-order valence-electron chi connectivity index (χ0n) is 17.7. The summed E-state index contributed by atoms with van der Waals surface area (Å²) in [4.78, 5) is 36.1. The molecule has 0 spiro atoms. The number of hydrogen-bond donors (Lipinski definition) is 1. The molecule has 5 nitrogen and oxygen atoms in total. The molecule has 0 heterocycles.